The van der Waals surface area contributed by atoms with Gasteiger partial charge >= 0.3 is 0 Å². The Bertz CT molecular complexity index is 622. The maximum Gasteiger partial charge on any atom is 0.263 e. The SMILES string of the molecule is Nc1c(C(=O)NC2CC=CC2)sc2ccccc12. The van der Waals surface area contributed by atoms with Gasteiger partial charge in [-0.05, 0) is 18.9 Å². The lowest BCUT2D eigenvalue weighted by Gasteiger charge is -2.11. The van der Waals surface area contributed by atoms with Crippen molar-refractivity contribution in [2.75, 3.05) is 5.73 Å². The van der Waals surface area contributed by atoms with Crippen LogP contribution in [0.1, 0.15) is 22.5 Å². The standard InChI is InChI=1S/C14H14N2OS/c15-12-10-7-3-4-8-11(10)18-13(12)14(17)16-9-5-1-2-6-9/h1-4,7-9H,5-6,15H2,(H,16,17). The molecule has 1 aliphatic carbocycles. The summed E-state index contributed by atoms with van der Waals surface area (Å²) in [6, 6.07) is 8.07. The maximum atomic E-state index is 12.2. The summed E-state index contributed by atoms with van der Waals surface area (Å²) in [6.07, 6.45) is 6.02. The molecule has 0 atom stereocenters. The smallest absolute Gasteiger partial charge is 0.263 e. The Morgan fingerprint density at radius 1 is 1.28 bits per heavy atom. The molecule has 3 nitrogen and oxygen atoms in total. The Kier molecular flexibility index (Phi) is 2.80. The van der Waals surface area contributed by atoms with Crippen LogP contribution in [0.15, 0.2) is 36.4 Å². The van der Waals surface area contributed by atoms with E-state index in [4.69, 9.17) is 5.73 Å². The first-order valence-electron chi connectivity index (χ1n) is 5.98. The van der Waals surface area contributed by atoms with Crippen molar-refractivity contribution in [1.29, 1.82) is 0 Å². The van der Waals surface area contributed by atoms with Crippen molar-refractivity contribution in [3.63, 3.8) is 0 Å². The van der Waals surface area contributed by atoms with Crippen LogP contribution < -0.4 is 11.1 Å². The monoisotopic (exact) mass is 258 g/mol. The van der Waals surface area contributed by atoms with Gasteiger partial charge in [0.05, 0.1) is 5.69 Å². The van der Waals surface area contributed by atoms with Crippen molar-refractivity contribution in [3.8, 4) is 0 Å². The Labute approximate surface area is 109 Å². The summed E-state index contributed by atoms with van der Waals surface area (Å²) in [6.45, 7) is 0. The highest BCUT2D eigenvalue weighted by atomic mass is 32.1. The number of rotatable bonds is 2. The van der Waals surface area contributed by atoms with E-state index in [1.807, 2.05) is 24.3 Å². The van der Waals surface area contributed by atoms with Gasteiger partial charge in [-0.2, -0.15) is 0 Å². The van der Waals surface area contributed by atoms with Gasteiger partial charge in [-0.25, -0.2) is 0 Å². The number of hydrogen-bond acceptors (Lipinski definition) is 3. The number of anilines is 1. The lowest BCUT2D eigenvalue weighted by molar-refractivity contribution is 0.0944. The number of carbonyl (C=O) groups excluding carboxylic acids is 1. The van der Waals surface area contributed by atoms with Crippen LogP contribution in [0.2, 0.25) is 0 Å². The molecule has 0 radical (unpaired) electrons. The number of nitrogens with two attached hydrogens (primary N) is 1. The molecule has 0 aliphatic heterocycles. The minimum absolute atomic E-state index is 0.0533. The minimum atomic E-state index is -0.0533. The van der Waals surface area contributed by atoms with E-state index >= 15 is 0 Å². The topological polar surface area (TPSA) is 55.1 Å². The predicted molar refractivity (Wildman–Crippen MR) is 75.9 cm³/mol. The van der Waals surface area contributed by atoms with Crippen LogP contribution in [0.3, 0.4) is 0 Å². The summed E-state index contributed by atoms with van der Waals surface area (Å²) in [5, 5.41) is 4.00. The van der Waals surface area contributed by atoms with Crippen LogP contribution in [-0.4, -0.2) is 11.9 Å². The predicted octanol–water partition coefficient (Wildman–Crippen LogP) is 2.93. The van der Waals surface area contributed by atoms with Gasteiger partial charge in [0.2, 0.25) is 0 Å². The molecule has 3 rings (SSSR count). The highest BCUT2D eigenvalue weighted by molar-refractivity contribution is 7.21. The second-order valence-corrected chi connectivity index (χ2v) is 5.51. The lowest BCUT2D eigenvalue weighted by Crippen LogP contribution is -2.32. The molecule has 1 amide bonds. The third kappa shape index (κ3) is 1.88. The molecule has 1 aromatic heterocycles. The fraction of sp³-hybridized carbons (Fsp3) is 0.214. The Hall–Kier alpha value is -1.81. The van der Waals surface area contributed by atoms with Crippen molar-refractivity contribution < 1.29 is 4.79 Å². The molecule has 4 heteroatoms. The molecule has 0 fully saturated rings. The molecule has 3 N–H and O–H groups in total. The van der Waals surface area contributed by atoms with E-state index in [0.717, 1.165) is 22.9 Å². The quantitative estimate of drug-likeness (QED) is 0.814. The highest BCUT2D eigenvalue weighted by Gasteiger charge is 2.19. The molecular formula is C14H14N2OS. The van der Waals surface area contributed by atoms with Crippen LogP contribution >= 0.6 is 11.3 Å². The summed E-state index contributed by atoms with van der Waals surface area (Å²) < 4.78 is 1.06. The van der Waals surface area contributed by atoms with Gasteiger partial charge in [-0.1, -0.05) is 30.4 Å². The third-order valence-corrected chi connectivity index (χ3v) is 4.37. The zero-order chi connectivity index (χ0) is 12.5. The number of carbonyl (C=O) groups is 1. The zero-order valence-electron chi connectivity index (χ0n) is 9.85. The molecular weight excluding hydrogens is 244 g/mol. The number of nitrogens with one attached hydrogen (secondary N) is 1. The van der Waals surface area contributed by atoms with Crippen molar-refractivity contribution in [3.05, 3.63) is 41.3 Å². The van der Waals surface area contributed by atoms with Gasteiger partial charge < -0.3 is 11.1 Å². The zero-order valence-corrected chi connectivity index (χ0v) is 10.7. The summed E-state index contributed by atoms with van der Waals surface area (Å²) in [5.74, 6) is -0.0533. The molecule has 1 heterocycles. The van der Waals surface area contributed by atoms with Crippen molar-refractivity contribution in [1.82, 2.24) is 5.32 Å². The van der Waals surface area contributed by atoms with Crippen LogP contribution in [0.5, 0.6) is 0 Å². The average Bonchev–Trinajstić information content (AvgIpc) is 2.98. The van der Waals surface area contributed by atoms with E-state index in [-0.39, 0.29) is 11.9 Å². The van der Waals surface area contributed by atoms with Gasteiger partial charge in [-0.3, -0.25) is 4.79 Å². The van der Waals surface area contributed by atoms with Crippen LogP contribution in [0.25, 0.3) is 10.1 Å². The average molecular weight is 258 g/mol. The Morgan fingerprint density at radius 3 is 2.72 bits per heavy atom. The molecule has 0 saturated heterocycles. The van der Waals surface area contributed by atoms with E-state index in [1.54, 1.807) is 0 Å². The Balaban J connectivity index is 1.89. The van der Waals surface area contributed by atoms with Gasteiger partial charge in [-0.15, -0.1) is 11.3 Å². The van der Waals surface area contributed by atoms with E-state index in [0.29, 0.717) is 10.6 Å². The summed E-state index contributed by atoms with van der Waals surface area (Å²) in [5.41, 5.74) is 6.64. The fourth-order valence-electron chi connectivity index (χ4n) is 2.22. The summed E-state index contributed by atoms with van der Waals surface area (Å²) in [7, 11) is 0. The van der Waals surface area contributed by atoms with Gasteiger partial charge in [0.15, 0.2) is 0 Å². The van der Waals surface area contributed by atoms with Crippen LogP contribution in [0.4, 0.5) is 5.69 Å². The van der Waals surface area contributed by atoms with Crippen molar-refractivity contribution in [2.24, 2.45) is 0 Å². The van der Waals surface area contributed by atoms with E-state index in [9.17, 15) is 4.79 Å². The molecule has 0 unspecified atom stereocenters. The van der Waals surface area contributed by atoms with Crippen molar-refractivity contribution >= 4 is 33.0 Å². The van der Waals surface area contributed by atoms with Crippen LogP contribution in [-0.2, 0) is 0 Å². The molecule has 92 valence electrons. The summed E-state index contributed by atoms with van der Waals surface area (Å²) in [4.78, 5) is 12.8. The lowest BCUT2D eigenvalue weighted by atomic mass is 10.2. The molecule has 2 aromatic rings. The second kappa shape index (κ2) is 4.46. The van der Waals surface area contributed by atoms with E-state index in [2.05, 4.69) is 17.5 Å². The molecule has 0 spiro atoms. The largest absolute Gasteiger partial charge is 0.397 e. The Morgan fingerprint density at radius 2 is 2.00 bits per heavy atom. The van der Waals surface area contributed by atoms with Gasteiger partial charge in [0.1, 0.15) is 4.88 Å². The first-order valence-corrected chi connectivity index (χ1v) is 6.80. The molecule has 1 aliphatic rings. The number of nitrogen functional groups attached to an aromatic ring is 1. The van der Waals surface area contributed by atoms with Crippen molar-refractivity contribution in [2.45, 2.75) is 18.9 Å². The number of benzene rings is 1. The van der Waals surface area contributed by atoms with Gasteiger partial charge in [0.25, 0.3) is 5.91 Å². The number of thiophene rings is 1. The molecule has 18 heavy (non-hydrogen) atoms. The minimum Gasteiger partial charge on any atom is -0.397 e. The van der Waals surface area contributed by atoms with E-state index < -0.39 is 0 Å². The number of amides is 1. The fourth-order valence-corrected chi connectivity index (χ4v) is 3.25. The molecule has 1 aromatic carbocycles. The highest BCUT2D eigenvalue weighted by Crippen LogP contribution is 2.33. The molecule has 0 saturated carbocycles. The summed E-state index contributed by atoms with van der Waals surface area (Å²) >= 11 is 1.46. The first kappa shape index (κ1) is 11.3. The van der Waals surface area contributed by atoms with E-state index in [1.165, 1.54) is 11.3 Å². The van der Waals surface area contributed by atoms with Crippen LogP contribution in [0, 0.1) is 0 Å². The normalized spacial score (nSPS) is 15.3. The first-order chi connectivity index (χ1) is 8.75. The third-order valence-electron chi connectivity index (χ3n) is 3.18. The molecule has 0 bridgehead atoms. The maximum absolute atomic E-state index is 12.2. The van der Waals surface area contributed by atoms with Gasteiger partial charge in [0, 0.05) is 16.1 Å². The number of fused-ring (bicyclic) bond motifs is 1. The number of hydrogen-bond donors (Lipinski definition) is 2. The second-order valence-electron chi connectivity index (χ2n) is 4.45.